The van der Waals surface area contributed by atoms with Gasteiger partial charge in [-0.2, -0.15) is 0 Å². The Morgan fingerprint density at radius 1 is 1.07 bits per heavy atom. The van der Waals surface area contributed by atoms with E-state index >= 15 is 0 Å². The maximum atomic E-state index is 2.33. The normalized spacial score (nSPS) is 13.8. The Morgan fingerprint density at radius 2 is 1.57 bits per heavy atom. The maximum absolute atomic E-state index is 2.33. The summed E-state index contributed by atoms with van der Waals surface area (Å²) >= 11 is 0. The molecular formula is C13H21N. The molecule has 78 valence electrons. The molecule has 0 aliphatic heterocycles. The molecule has 1 unspecified atom stereocenters. The number of anilines is 1. The van der Waals surface area contributed by atoms with Gasteiger partial charge in [-0.1, -0.05) is 39.0 Å². The quantitative estimate of drug-likeness (QED) is 0.691. The lowest BCUT2D eigenvalue weighted by atomic mass is 9.87. The summed E-state index contributed by atoms with van der Waals surface area (Å²) in [5.74, 6) is 0. The van der Waals surface area contributed by atoms with Gasteiger partial charge in [0.05, 0.1) is 0 Å². The monoisotopic (exact) mass is 191 g/mol. The summed E-state index contributed by atoms with van der Waals surface area (Å²) < 4.78 is 0. The lowest BCUT2D eigenvalue weighted by molar-refractivity contribution is 0.330. The number of hydrogen-bond acceptors (Lipinski definition) is 1. The minimum absolute atomic E-state index is 0.310. The molecule has 0 heterocycles. The van der Waals surface area contributed by atoms with Crippen LogP contribution in [0.1, 0.15) is 27.7 Å². The third-order valence-electron chi connectivity index (χ3n) is 3.00. The first kappa shape index (κ1) is 11.1. The topological polar surface area (TPSA) is 3.24 Å². The highest BCUT2D eigenvalue weighted by molar-refractivity contribution is 5.46. The number of benzene rings is 1. The van der Waals surface area contributed by atoms with Gasteiger partial charge in [-0.3, -0.25) is 0 Å². The Kier molecular flexibility index (Phi) is 3.20. The molecule has 0 aromatic heterocycles. The zero-order valence-electron chi connectivity index (χ0n) is 9.91. The molecular weight excluding hydrogens is 170 g/mol. The molecule has 1 rings (SSSR count). The zero-order chi connectivity index (χ0) is 10.8. The zero-order valence-corrected chi connectivity index (χ0v) is 9.91. The van der Waals surface area contributed by atoms with Gasteiger partial charge >= 0.3 is 0 Å². The fourth-order valence-corrected chi connectivity index (χ4v) is 1.47. The molecule has 0 radical (unpaired) electrons. The molecule has 0 bridgehead atoms. The van der Waals surface area contributed by atoms with Crippen LogP contribution >= 0.6 is 0 Å². The molecule has 1 heteroatoms. The number of nitrogens with zero attached hydrogens (tertiary/aromatic N) is 1. The van der Waals surface area contributed by atoms with E-state index in [1.165, 1.54) is 5.69 Å². The molecule has 1 aromatic carbocycles. The fourth-order valence-electron chi connectivity index (χ4n) is 1.47. The van der Waals surface area contributed by atoms with Crippen LogP contribution < -0.4 is 4.90 Å². The van der Waals surface area contributed by atoms with Crippen molar-refractivity contribution in [3.05, 3.63) is 30.3 Å². The first-order chi connectivity index (χ1) is 6.43. The van der Waals surface area contributed by atoms with E-state index < -0.39 is 0 Å². The molecule has 0 aliphatic rings. The highest BCUT2D eigenvalue weighted by Crippen LogP contribution is 2.26. The summed E-state index contributed by atoms with van der Waals surface area (Å²) in [7, 11) is 2.16. The second kappa shape index (κ2) is 4.04. The second-order valence-corrected chi connectivity index (χ2v) is 4.99. The Labute approximate surface area is 87.7 Å². The highest BCUT2D eigenvalue weighted by Gasteiger charge is 2.23. The molecule has 0 aliphatic carbocycles. The Bertz CT molecular complexity index is 271. The van der Waals surface area contributed by atoms with E-state index in [1.54, 1.807) is 0 Å². The van der Waals surface area contributed by atoms with Gasteiger partial charge in [0.25, 0.3) is 0 Å². The van der Waals surface area contributed by atoms with Gasteiger partial charge in [-0.05, 0) is 24.5 Å². The van der Waals surface area contributed by atoms with E-state index in [9.17, 15) is 0 Å². The Morgan fingerprint density at radius 3 is 2.00 bits per heavy atom. The molecule has 0 N–H and O–H groups in total. The van der Waals surface area contributed by atoms with Gasteiger partial charge in [-0.15, -0.1) is 0 Å². The van der Waals surface area contributed by atoms with Crippen LogP contribution in [-0.2, 0) is 0 Å². The van der Waals surface area contributed by atoms with Gasteiger partial charge in [-0.25, -0.2) is 0 Å². The van der Waals surface area contributed by atoms with Crippen molar-refractivity contribution in [2.24, 2.45) is 5.41 Å². The molecule has 1 atom stereocenters. The summed E-state index contributed by atoms with van der Waals surface area (Å²) in [4.78, 5) is 2.33. The second-order valence-electron chi connectivity index (χ2n) is 4.99. The largest absolute Gasteiger partial charge is 0.371 e. The van der Waals surface area contributed by atoms with Crippen LogP contribution in [0, 0.1) is 5.41 Å². The van der Waals surface area contributed by atoms with Crippen LogP contribution in [0.3, 0.4) is 0 Å². The number of rotatable bonds is 2. The predicted molar refractivity (Wildman–Crippen MR) is 63.8 cm³/mol. The maximum Gasteiger partial charge on any atom is 0.0366 e. The molecule has 14 heavy (non-hydrogen) atoms. The van der Waals surface area contributed by atoms with Crippen molar-refractivity contribution < 1.29 is 0 Å². The van der Waals surface area contributed by atoms with E-state index in [-0.39, 0.29) is 0 Å². The van der Waals surface area contributed by atoms with Gasteiger partial charge in [0.1, 0.15) is 0 Å². The van der Waals surface area contributed by atoms with Crippen molar-refractivity contribution in [1.82, 2.24) is 0 Å². The summed E-state index contributed by atoms with van der Waals surface area (Å²) in [6, 6.07) is 11.1. The average Bonchev–Trinajstić information content (AvgIpc) is 2.15. The van der Waals surface area contributed by atoms with Crippen LogP contribution in [0.4, 0.5) is 5.69 Å². The van der Waals surface area contributed by atoms with E-state index in [2.05, 4.69) is 70.0 Å². The lowest BCUT2D eigenvalue weighted by Crippen LogP contribution is -2.39. The standard InChI is InChI=1S/C13H21N/c1-11(13(2,3)4)14(5)12-9-7-6-8-10-12/h6-11H,1-5H3. The van der Waals surface area contributed by atoms with E-state index in [4.69, 9.17) is 0 Å². The number of para-hydroxylation sites is 1. The minimum Gasteiger partial charge on any atom is -0.371 e. The smallest absolute Gasteiger partial charge is 0.0366 e. The van der Waals surface area contributed by atoms with Crippen molar-refractivity contribution in [3.63, 3.8) is 0 Å². The van der Waals surface area contributed by atoms with Crippen LogP contribution in [0.2, 0.25) is 0 Å². The molecule has 0 saturated heterocycles. The third kappa shape index (κ3) is 2.50. The van der Waals surface area contributed by atoms with E-state index in [1.807, 2.05) is 0 Å². The van der Waals surface area contributed by atoms with E-state index in [0.717, 1.165) is 0 Å². The van der Waals surface area contributed by atoms with Crippen LogP contribution in [0.15, 0.2) is 30.3 Å². The summed E-state index contributed by atoms with van der Waals surface area (Å²) in [5, 5.41) is 0. The summed E-state index contributed by atoms with van der Waals surface area (Å²) in [6.45, 7) is 9.10. The van der Waals surface area contributed by atoms with Gasteiger partial charge in [0, 0.05) is 18.8 Å². The third-order valence-corrected chi connectivity index (χ3v) is 3.00. The van der Waals surface area contributed by atoms with Gasteiger partial charge < -0.3 is 4.90 Å². The van der Waals surface area contributed by atoms with Crippen molar-refractivity contribution in [3.8, 4) is 0 Å². The van der Waals surface area contributed by atoms with Crippen molar-refractivity contribution in [2.75, 3.05) is 11.9 Å². The van der Waals surface area contributed by atoms with Crippen molar-refractivity contribution in [2.45, 2.75) is 33.7 Å². The summed E-state index contributed by atoms with van der Waals surface area (Å²) in [5.41, 5.74) is 1.60. The highest BCUT2D eigenvalue weighted by atomic mass is 15.1. The Hall–Kier alpha value is -0.980. The molecule has 1 aromatic rings. The molecule has 0 saturated carbocycles. The molecule has 1 nitrogen and oxygen atoms in total. The predicted octanol–water partition coefficient (Wildman–Crippen LogP) is 3.56. The van der Waals surface area contributed by atoms with Crippen LogP contribution in [0.25, 0.3) is 0 Å². The minimum atomic E-state index is 0.310. The molecule has 0 spiro atoms. The lowest BCUT2D eigenvalue weighted by Gasteiger charge is -2.36. The SMILES string of the molecule is CC(N(C)c1ccccc1)C(C)(C)C. The number of hydrogen-bond donors (Lipinski definition) is 0. The molecule has 0 amide bonds. The van der Waals surface area contributed by atoms with Gasteiger partial charge in [0.2, 0.25) is 0 Å². The average molecular weight is 191 g/mol. The first-order valence-electron chi connectivity index (χ1n) is 5.21. The van der Waals surface area contributed by atoms with Crippen LogP contribution in [0.5, 0.6) is 0 Å². The molecule has 0 fully saturated rings. The fraction of sp³-hybridized carbons (Fsp3) is 0.538. The van der Waals surface area contributed by atoms with Crippen molar-refractivity contribution in [1.29, 1.82) is 0 Å². The van der Waals surface area contributed by atoms with Gasteiger partial charge in [0.15, 0.2) is 0 Å². The van der Waals surface area contributed by atoms with Crippen LogP contribution in [-0.4, -0.2) is 13.1 Å². The van der Waals surface area contributed by atoms with E-state index in [0.29, 0.717) is 11.5 Å². The van der Waals surface area contributed by atoms with Crippen molar-refractivity contribution >= 4 is 5.69 Å². The first-order valence-corrected chi connectivity index (χ1v) is 5.21. The summed E-state index contributed by atoms with van der Waals surface area (Å²) in [6.07, 6.45) is 0. The Balaban J connectivity index is 2.81.